The van der Waals surface area contributed by atoms with Crippen LogP contribution in [0.1, 0.15) is 17.0 Å². The molecule has 0 spiro atoms. The average Bonchev–Trinajstić information content (AvgIpc) is 2.64. The molecule has 15 heavy (non-hydrogen) atoms. The second kappa shape index (κ2) is 3.78. The van der Waals surface area contributed by atoms with E-state index in [-0.39, 0.29) is 0 Å². The molecule has 78 valence electrons. The van der Waals surface area contributed by atoms with Crippen molar-refractivity contribution in [2.75, 3.05) is 0 Å². The zero-order valence-corrected chi connectivity index (χ0v) is 8.81. The normalized spacial score (nSPS) is 10.6. The van der Waals surface area contributed by atoms with Crippen molar-refractivity contribution in [3.63, 3.8) is 0 Å². The highest BCUT2D eigenvalue weighted by atomic mass is 15.5. The highest BCUT2D eigenvalue weighted by molar-refractivity contribution is 5.39. The molecule has 1 heterocycles. The summed E-state index contributed by atoms with van der Waals surface area (Å²) >= 11 is 0. The largest absolute Gasteiger partial charge is 0.326 e. The molecular weight excluding hydrogens is 190 g/mol. The fraction of sp³-hybridized carbons (Fsp3) is 0.300. The Morgan fingerprint density at radius 2 is 2.13 bits per heavy atom. The molecule has 5 nitrogen and oxygen atoms in total. The van der Waals surface area contributed by atoms with Crippen molar-refractivity contribution in [2.45, 2.75) is 20.4 Å². The molecule has 0 aliphatic carbocycles. The molecule has 2 N–H and O–H groups in total. The number of aryl methyl sites for hydroxylation is 2. The van der Waals surface area contributed by atoms with Crippen LogP contribution in [-0.2, 0) is 6.54 Å². The van der Waals surface area contributed by atoms with Crippen LogP contribution in [0.4, 0.5) is 0 Å². The van der Waals surface area contributed by atoms with Gasteiger partial charge in [0.15, 0.2) is 5.82 Å². The molecule has 5 heteroatoms. The molecule has 2 aromatic rings. The van der Waals surface area contributed by atoms with Crippen molar-refractivity contribution in [1.82, 2.24) is 20.2 Å². The van der Waals surface area contributed by atoms with E-state index in [9.17, 15) is 0 Å². The fourth-order valence-corrected chi connectivity index (χ4v) is 1.51. The fourth-order valence-electron chi connectivity index (χ4n) is 1.51. The maximum absolute atomic E-state index is 5.60. The molecule has 0 unspecified atom stereocenters. The summed E-state index contributed by atoms with van der Waals surface area (Å²) in [7, 11) is 0. The molecule has 0 atom stereocenters. The first-order chi connectivity index (χ1) is 7.22. The third-order valence-corrected chi connectivity index (χ3v) is 2.42. The maximum atomic E-state index is 5.60. The van der Waals surface area contributed by atoms with Gasteiger partial charge in [0.25, 0.3) is 0 Å². The number of hydrogen-bond acceptors (Lipinski definition) is 4. The summed E-state index contributed by atoms with van der Waals surface area (Å²) < 4.78 is 1.70. The zero-order chi connectivity index (χ0) is 10.8. The molecule has 0 saturated carbocycles. The SMILES string of the molecule is Cc1cc(-n2nnnc2C)ccc1CN. The number of tetrazole rings is 1. The summed E-state index contributed by atoms with van der Waals surface area (Å²) in [5.41, 5.74) is 8.87. The van der Waals surface area contributed by atoms with E-state index in [1.165, 1.54) is 0 Å². The molecule has 0 amide bonds. The zero-order valence-electron chi connectivity index (χ0n) is 8.81. The van der Waals surface area contributed by atoms with Crippen LogP contribution in [0.15, 0.2) is 18.2 Å². The molecule has 0 radical (unpaired) electrons. The van der Waals surface area contributed by atoms with Crippen LogP contribution in [0, 0.1) is 13.8 Å². The number of nitrogens with zero attached hydrogens (tertiary/aromatic N) is 4. The number of hydrogen-bond donors (Lipinski definition) is 1. The second-order valence-electron chi connectivity index (χ2n) is 3.45. The third-order valence-electron chi connectivity index (χ3n) is 2.42. The Morgan fingerprint density at radius 3 is 2.67 bits per heavy atom. The predicted molar refractivity (Wildman–Crippen MR) is 56.5 cm³/mol. The smallest absolute Gasteiger partial charge is 0.153 e. The van der Waals surface area contributed by atoms with Crippen LogP contribution in [0.5, 0.6) is 0 Å². The monoisotopic (exact) mass is 203 g/mol. The topological polar surface area (TPSA) is 69.6 Å². The van der Waals surface area contributed by atoms with Gasteiger partial charge in [-0.25, -0.2) is 0 Å². The Balaban J connectivity index is 2.47. The molecule has 0 aliphatic heterocycles. The van der Waals surface area contributed by atoms with Gasteiger partial charge in [0.05, 0.1) is 5.69 Å². The molecular formula is C10H13N5. The molecule has 0 saturated heterocycles. The van der Waals surface area contributed by atoms with Gasteiger partial charge in [-0.1, -0.05) is 6.07 Å². The summed E-state index contributed by atoms with van der Waals surface area (Å²) in [4.78, 5) is 0. The number of benzene rings is 1. The van der Waals surface area contributed by atoms with Gasteiger partial charge in [0.1, 0.15) is 0 Å². The Morgan fingerprint density at radius 1 is 1.33 bits per heavy atom. The lowest BCUT2D eigenvalue weighted by molar-refractivity contribution is 0.778. The van der Waals surface area contributed by atoms with Crippen LogP contribution in [-0.4, -0.2) is 20.2 Å². The number of rotatable bonds is 2. The summed E-state index contributed by atoms with van der Waals surface area (Å²) in [6.45, 7) is 4.46. The third kappa shape index (κ3) is 1.73. The Bertz CT molecular complexity index is 474. The Kier molecular flexibility index (Phi) is 2.47. The van der Waals surface area contributed by atoms with Crippen LogP contribution in [0.2, 0.25) is 0 Å². The highest BCUT2D eigenvalue weighted by Crippen LogP contribution is 2.14. The molecule has 0 aliphatic rings. The van der Waals surface area contributed by atoms with Crippen LogP contribution >= 0.6 is 0 Å². The quantitative estimate of drug-likeness (QED) is 0.781. The molecule has 1 aromatic heterocycles. The lowest BCUT2D eigenvalue weighted by Gasteiger charge is -2.06. The first-order valence-corrected chi connectivity index (χ1v) is 4.77. The van der Waals surface area contributed by atoms with Gasteiger partial charge in [0.2, 0.25) is 0 Å². The summed E-state index contributed by atoms with van der Waals surface area (Å²) in [6, 6.07) is 6.01. The van der Waals surface area contributed by atoms with E-state index in [1.54, 1.807) is 4.68 Å². The highest BCUT2D eigenvalue weighted by Gasteiger charge is 2.04. The minimum Gasteiger partial charge on any atom is -0.326 e. The van der Waals surface area contributed by atoms with Gasteiger partial charge < -0.3 is 5.73 Å². The van der Waals surface area contributed by atoms with Crippen molar-refractivity contribution < 1.29 is 0 Å². The van der Waals surface area contributed by atoms with Crippen molar-refractivity contribution >= 4 is 0 Å². The van der Waals surface area contributed by atoms with E-state index < -0.39 is 0 Å². The first-order valence-electron chi connectivity index (χ1n) is 4.77. The lowest BCUT2D eigenvalue weighted by Crippen LogP contribution is -2.03. The van der Waals surface area contributed by atoms with Gasteiger partial charge in [-0.15, -0.1) is 5.10 Å². The van der Waals surface area contributed by atoms with Crippen molar-refractivity contribution in [3.05, 3.63) is 35.2 Å². The summed E-state index contributed by atoms with van der Waals surface area (Å²) in [5, 5.41) is 11.4. The van der Waals surface area contributed by atoms with E-state index in [0.29, 0.717) is 6.54 Å². The predicted octanol–water partition coefficient (Wildman–Crippen LogP) is 0.738. The van der Waals surface area contributed by atoms with E-state index in [1.807, 2.05) is 32.0 Å². The average molecular weight is 203 g/mol. The molecule has 1 aromatic carbocycles. The van der Waals surface area contributed by atoms with Crippen LogP contribution in [0.3, 0.4) is 0 Å². The van der Waals surface area contributed by atoms with Gasteiger partial charge in [0, 0.05) is 6.54 Å². The summed E-state index contributed by atoms with van der Waals surface area (Å²) in [6.07, 6.45) is 0. The second-order valence-corrected chi connectivity index (χ2v) is 3.45. The molecule has 2 rings (SSSR count). The number of nitrogens with two attached hydrogens (primary N) is 1. The molecule has 0 bridgehead atoms. The van der Waals surface area contributed by atoms with E-state index >= 15 is 0 Å². The summed E-state index contributed by atoms with van der Waals surface area (Å²) in [5.74, 6) is 0.773. The van der Waals surface area contributed by atoms with Crippen LogP contribution < -0.4 is 5.73 Å². The lowest BCUT2D eigenvalue weighted by atomic mass is 10.1. The van der Waals surface area contributed by atoms with E-state index in [4.69, 9.17) is 5.73 Å². The number of aromatic nitrogens is 4. The van der Waals surface area contributed by atoms with Gasteiger partial charge >= 0.3 is 0 Å². The van der Waals surface area contributed by atoms with Crippen molar-refractivity contribution in [2.24, 2.45) is 5.73 Å². The Hall–Kier alpha value is -1.75. The van der Waals surface area contributed by atoms with Gasteiger partial charge in [-0.2, -0.15) is 4.68 Å². The van der Waals surface area contributed by atoms with Crippen LogP contribution in [0.25, 0.3) is 5.69 Å². The van der Waals surface area contributed by atoms with Crippen molar-refractivity contribution in [3.8, 4) is 5.69 Å². The standard InChI is InChI=1S/C10H13N5/c1-7-5-10(4-3-9(7)6-11)15-8(2)12-13-14-15/h3-5H,6,11H2,1-2H3. The van der Waals surface area contributed by atoms with E-state index in [2.05, 4.69) is 15.5 Å². The molecule has 0 fully saturated rings. The first kappa shape index (κ1) is 9.79. The Labute approximate surface area is 87.9 Å². The van der Waals surface area contributed by atoms with Gasteiger partial charge in [-0.3, -0.25) is 0 Å². The maximum Gasteiger partial charge on any atom is 0.153 e. The minimum absolute atomic E-state index is 0.556. The van der Waals surface area contributed by atoms with Crippen molar-refractivity contribution in [1.29, 1.82) is 0 Å². The minimum atomic E-state index is 0.556. The van der Waals surface area contributed by atoms with E-state index in [0.717, 1.165) is 22.6 Å². The van der Waals surface area contributed by atoms with Gasteiger partial charge in [-0.05, 0) is 47.5 Å².